The Labute approximate surface area is 221 Å². The second-order valence-corrected chi connectivity index (χ2v) is 10.6. The smallest absolute Gasteiger partial charge is 0.253 e. The van der Waals surface area contributed by atoms with Crippen LogP contribution < -0.4 is 10.6 Å². The number of halogens is 3. The summed E-state index contributed by atoms with van der Waals surface area (Å²) in [7, 11) is 1.79. The number of hydrogen-bond donors (Lipinski definition) is 2. The van der Waals surface area contributed by atoms with Gasteiger partial charge in [-0.2, -0.15) is 0 Å². The first-order valence-corrected chi connectivity index (χ1v) is 13.0. The van der Waals surface area contributed by atoms with Gasteiger partial charge in [0, 0.05) is 22.2 Å². The summed E-state index contributed by atoms with van der Waals surface area (Å²) in [5.41, 5.74) is 2.17. The highest BCUT2D eigenvalue weighted by molar-refractivity contribution is 9.10. The highest BCUT2D eigenvalue weighted by atomic mass is 79.9. The van der Waals surface area contributed by atoms with Gasteiger partial charge in [-0.3, -0.25) is 9.59 Å². The lowest BCUT2D eigenvalue weighted by atomic mass is 10.0. The molecule has 0 bridgehead atoms. The third kappa shape index (κ3) is 6.53. The Morgan fingerprint density at radius 1 is 1.12 bits per heavy atom. The number of rotatable bonds is 8. The number of carbonyl (C=O) groups excluding carboxylic acids is 2. The molecule has 0 aliphatic heterocycles. The molecule has 1 atom stereocenters. The molecule has 0 aliphatic carbocycles. The normalized spacial score (nSPS) is 12.0. The minimum atomic E-state index is -0.434. The summed E-state index contributed by atoms with van der Waals surface area (Å²) >= 11 is 16.8. The Morgan fingerprint density at radius 3 is 2.53 bits per heavy atom. The molecule has 0 unspecified atom stereocenters. The first kappa shape index (κ1) is 26.5. The van der Waals surface area contributed by atoms with Crippen LogP contribution >= 0.6 is 50.9 Å². The molecule has 2 amide bonds. The molecule has 3 aromatic rings. The van der Waals surface area contributed by atoms with Crippen molar-refractivity contribution in [3.63, 3.8) is 0 Å². The minimum absolute atomic E-state index is 0.141. The van der Waals surface area contributed by atoms with E-state index < -0.39 is 6.04 Å². The molecule has 180 valence electrons. The van der Waals surface area contributed by atoms with E-state index in [1.807, 2.05) is 18.2 Å². The standard InChI is InChI=1S/C23H24BrCl2N5O2S/c1-12(2)17-9-14(24)5-8-19(17)28-20(32)11-34-23-30-29-21(31(23)4)13(3)27-22(33)16-7-6-15(25)10-18(16)26/h5-10,12-13H,11H2,1-4H3,(H,27,33)(H,28,32)/t13-/m0/s1. The summed E-state index contributed by atoms with van der Waals surface area (Å²) in [6.07, 6.45) is 0. The largest absolute Gasteiger partial charge is 0.342 e. The summed E-state index contributed by atoms with van der Waals surface area (Å²) in [6, 6.07) is 10.1. The lowest BCUT2D eigenvalue weighted by molar-refractivity contribution is -0.113. The van der Waals surface area contributed by atoms with E-state index in [0.717, 1.165) is 15.7 Å². The maximum absolute atomic E-state index is 12.6. The van der Waals surface area contributed by atoms with E-state index in [1.54, 1.807) is 30.7 Å². The van der Waals surface area contributed by atoms with Gasteiger partial charge >= 0.3 is 0 Å². The van der Waals surface area contributed by atoms with E-state index in [0.29, 0.717) is 21.6 Å². The number of anilines is 1. The molecular formula is C23H24BrCl2N5O2S. The topological polar surface area (TPSA) is 88.9 Å². The van der Waals surface area contributed by atoms with Gasteiger partial charge in [-0.15, -0.1) is 10.2 Å². The molecule has 1 heterocycles. The Morgan fingerprint density at radius 2 is 1.85 bits per heavy atom. The number of nitrogens with zero attached hydrogens (tertiary/aromatic N) is 3. The maximum atomic E-state index is 12.6. The van der Waals surface area contributed by atoms with Gasteiger partial charge in [-0.25, -0.2) is 0 Å². The fraction of sp³-hybridized carbons (Fsp3) is 0.304. The second kappa shape index (κ2) is 11.6. The molecule has 0 aliphatic rings. The van der Waals surface area contributed by atoms with Crippen LogP contribution in [-0.4, -0.2) is 32.3 Å². The van der Waals surface area contributed by atoms with Crippen molar-refractivity contribution in [2.24, 2.45) is 7.05 Å². The first-order valence-electron chi connectivity index (χ1n) is 10.4. The van der Waals surface area contributed by atoms with E-state index in [9.17, 15) is 9.59 Å². The number of carbonyl (C=O) groups is 2. The van der Waals surface area contributed by atoms with E-state index in [-0.39, 0.29) is 28.5 Å². The highest BCUT2D eigenvalue weighted by Gasteiger charge is 2.20. The molecular weight excluding hydrogens is 561 g/mol. The van der Waals surface area contributed by atoms with Crippen LogP contribution in [-0.2, 0) is 11.8 Å². The van der Waals surface area contributed by atoms with Crippen LogP contribution in [0.3, 0.4) is 0 Å². The summed E-state index contributed by atoms with van der Waals surface area (Å²) in [6.45, 7) is 5.95. The predicted molar refractivity (Wildman–Crippen MR) is 141 cm³/mol. The molecule has 0 fully saturated rings. The molecule has 0 saturated carbocycles. The third-order valence-electron chi connectivity index (χ3n) is 5.02. The number of benzene rings is 2. The van der Waals surface area contributed by atoms with Gasteiger partial charge in [-0.05, 0) is 54.8 Å². The zero-order valence-electron chi connectivity index (χ0n) is 19.0. The number of thioether (sulfide) groups is 1. The van der Waals surface area contributed by atoms with Gasteiger partial charge in [0.2, 0.25) is 5.91 Å². The Balaban J connectivity index is 1.62. The molecule has 3 rings (SSSR count). The lowest BCUT2D eigenvalue weighted by Gasteiger charge is -2.15. The first-order chi connectivity index (χ1) is 16.1. The third-order valence-corrected chi connectivity index (χ3v) is 7.08. The van der Waals surface area contributed by atoms with Crippen molar-refractivity contribution in [1.29, 1.82) is 0 Å². The molecule has 0 radical (unpaired) electrons. The molecule has 0 saturated heterocycles. The van der Waals surface area contributed by atoms with Crippen LogP contribution in [0.25, 0.3) is 0 Å². The van der Waals surface area contributed by atoms with Gasteiger partial charge < -0.3 is 15.2 Å². The number of amides is 2. The molecule has 2 aromatic carbocycles. The highest BCUT2D eigenvalue weighted by Crippen LogP contribution is 2.28. The predicted octanol–water partition coefficient (Wildman–Crippen LogP) is 6.23. The van der Waals surface area contributed by atoms with Crippen LogP contribution in [0.2, 0.25) is 10.0 Å². The van der Waals surface area contributed by atoms with Crippen molar-refractivity contribution in [2.75, 3.05) is 11.1 Å². The van der Waals surface area contributed by atoms with Gasteiger partial charge in [0.25, 0.3) is 5.91 Å². The van der Waals surface area contributed by atoms with Crippen molar-refractivity contribution in [2.45, 2.75) is 37.9 Å². The van der Waals surface area contributed by atoms with Crippen LogP contribution in [0.4, 0.5) is 5.69 Å². The Bertz CT molecular complexity index is 1220. The molecule has 11 heteroatoms. The monoisotopic (exact) mass is 583 g/mol. The van der Waals surface area contributed by atoms with Crippen molar-refractivity contribution >= 4 is 68.4 Å². The molecule has 1 aromatic heterocycles. The quantitative estimate of drug-likeness (QED) is 0.306. The average molecular weight is 585 g/mol. The fourth-order valence-electron chi connectivity index (χ4n) is 3.28. The summed E-state index contributed by atoms with van der Waals surface area (Å²) in [5, 5.41) is 15.5. The lowest BCUT2D eigenvalue weighted by Crippen LogP contribution is -2.28. The number of aromatic nitrogens is 3. The summed E-state index contributed by atoms with van der Waals surface area (Å²) < 4.78 is 2.72. The Kier molecular flexibility index (Phi) is 9.03. The Hall–Kier alpha value is -2.07. The van der Waals surface area contributed by atoms with Crippen molar-refractivity contribution in [1.82, 2.24) is 20.1 Å². The van der Waals surface area contributed by atoms with Crippen molar-refractivity contribution < 1.29 is 9.59 Å². The minimum Gasteiger partial charge on any atom is -0.342 e. The van der Waals surface area contributed by atoms with E-state index >= 15 is 0 Å². The van der Waals surface area contributed by atoms with Crippen LogP contribution in [0.5, 0.6) is 0 Å². The van der Waals surface area contributed by atoms with Gasteiger partial charge in [0.15, 0.2) is 11.0 Å². The van der Waals surface area contributed by atoms with E-state index in [1.165, 1.54) is 17.8 Å². The fourth-order valence-corrected chi connectivity index (χ4v) is 4.87. The number of hydrogen-bond acceptors (Lipinski definition) is 5. The van der Waals surface area contributed by atoms with Crippen LogP contribution in [0, 0.1) is 0 Å². The number of nitrogens with one attached hydrogen (secondary N) is 2. The molecule has 34 heavy (non-hydrogen) atoms. The van der Waals surface area contributed by atoms with Gasteiger partial charge in [0.05, 0.1) is 22.4 Å². The molecule has 2 N–H and O–H groups in total. The summed E-state index contributed by atoms with van der Waals surface area (Å²) in [5.74, 6) is 0.497. The van der Waals surface area contributed by atoms with E-state index in [4.69, 9.17) is 23.2 Å². The van der Waals surface area contributed by atoms with Crippen molar-refractivity contribution in [3.8, 4) is 0 Å². The molecule has 0 spiro atoms. The second-order valence-electron chi connectivity index (χ2n) is 7.94. The SMILES string of the molecule is CC(C)c1cc(Br)ccc1NC(=O)CSc1nnc([C@H](C)NC(=O)c2ccc(Cl)cc2Cl)n1C. The van der Waals surface area contributed by atoms with Gasteiger partial charge in [-0.1, -0.05) is 64.7 Å². The zero-order chi connectivity index (χ0) is 25.0. The van der Waals surface area contributed by atoms with Crippen LogP contribution in [0.1, 0.15) is 54.5 Å². The molecule has 7 nitrogen and oxygen atoms in total. The van der Waals surface area contributed by atoms with Crippen molar-refractivity contribution in [3.05, 3.63) is 67.9 Å². The summed E-state index contributed by atoms with van der Waals surface area (Å²) in [4.78, 5) is 25.2. The average Bonchev–Trinajstić information content (AvgIpc) is 3.13. The zero-order valence-corrected chi connectivity index (χ0v) is 22.9. The van der Waals surface area contributed by atoms with E-state index in [2.05, 4.69) is 50.6 Å². The maximum Gasteiger partial charge on any atom is 0.253 e. The van der Waals surface area contributed by atoms with Gasteiger partial charge in [0.1, 0.15) is 0 Å². The van der Waals surface area contributed by atoms with Crippen LogP contribution in [0.15, 0.2) is 46.0 Å².